The molecule has 70 valence electrons. The van der Waals surface area contributed by atoms with E-state index in [4.69, 9.17) is 10.5 Å². The Bertz CT molecular complexity index is 158. The lowest BCUT2D eigenvalue weighted by Crippen LogP contribution is -2.37. The van der Waals surface area contributed by atoms with Gasteiger partial charge in [0.25, 0.3) is 0 Å². The number of hydrogen-bond acceptors (Lipinski definition) is 4. The van der Waals surface area contributed by atoms with Gasteiger partial charge in [-0.3, -0.25) is 4.79 Å². The second kappa shape index (κ2) is 5.71. The zero-order valence-corrected chi connectivity index (χ0v) is 7.45. The molecule has 0 bridgehead atoms. The van der Waals surface area contributed by atoms with Gasteiger partial charge in [-0.15, -0.1) is 0 Å². The lowest BCUT2D eigenvalue weighted by atomic mass is 9.99. The van der Waals surface area contributed by atoms with Gasteiger partial charge in [-0.1, -0.05) is 6.92 Å². The lowest BCUT2D eigenvalue weighted by molar-refractivity contribution is -0.149. The summed E-state index contributed by atoms with van der Waals surface area (Å²) in [6.07, 6.45) is 1.10. The molecule has 0 aliphatic rings. The van der Waals surface area contributed by atoms with E-state index in [9.17, 15) is 9.59 Å². The van der Waals surface area contributed by atoms with E-state index in [0.717, 1.165) is 0 Å². The maximum Gasteiger partial charge on any atom is 0.310 e. The first-order valence-corrected chi connectivity index (χ1v) is 4.04. The van der Waals surface area contributed by atoms with Crippen molar-refractivity contribution in [2.75, 3.05) is 6.61 Å². The monoisotopic (exact) mass is 173 g/mol. The Morgan fingerprint density at radius 3 is 2.50 bits per heavy atom. The third-order valence-electron chi connectivity index (χ3n) is 1.65. The van der Waals surface area contributed by atoms with Crippen molar-refractivity contribution >= 4 is 12.3 Å². The molecule has 2 atom stereocenters. The van der Waals surface area contributed by atoms with Crippen LogP contribution in [0, 0.1) is 5.92 Å². The molecule has 0 aromatic rings. The Morgan fingerprint density at radius 2 is 2.17 bits per heavy atom. The van der Waals surface area contributed by atoms with Gasteiger partial charge in [-0.25, -0.2) is 0 Å². The molecular weight excluding hydrogens is 158 g/mol. The average Bonchev–Trinajstić information content (AvgIpc) is 2.06. The first kappa shape index (κ1) is 11.1. The second-order valence-electron chi connectivity index (χ2n) is 2.48. The van der Waals surface area contributed by atoms with Crippen molar-refractivity contribution in [1.82, 2.24) is 0 Å². The summed E-state index contributed by atoms with van der Waals surface area (Å²) in [4.78, 5) is 21.4. The van der Waals surface area contributed by atoms with E-state index in [-0.39, 0.29) is 5.97 Å². The van der Waals surface area contributed by atoms with E-state index in [1.807, 2.05) is 0 Å². The van der Waals surface area contributed by atoms with Gasteiger partial charge < -0.3 is 15.3 Å². The SMILES string of the molecule is CCOC(=O)C(CC)C(N)C=O. The maximum absolute atomic E-state index is 11.1. The molecular formula is C8H15NO3. The number of rotatable bonds is 5. The summed E-state index contributed by atoms with van der Waals surface area (Å²) in [6.45, 7) is 3.84. The molecule has 0 amide bonds. The van der Waals surface area contributed by atoms with E-state index < -0.39 is 12.0 Å². The van der Waals surface area contributed by atoms with Gasteiger partial charge in [-0.05, 0) is 13.3 Å². The average molecular weight is 173 g/mol. The summed E-state index contributed by atoms with van der Waals surface area (Å²) in [7, 11) is 0. The molecule has 0 rings (SSSR count). The molecule has 0 saturated carbocycles. The van der Waals surface area contributed by atoms with Crippen molar-refractivity contribution in [3.05, 3.63) is 0 Å². The molecule has 2 N–H and O–H groups in total. The highest BCUT2D eigenvalue weighted by Crippen LogP contribution is 2.07. The molecule has 0 fully saturated rings. The molecule has 2 unspecified atom stereocenters. The normalized spacial score (nSPS) is 14.9. The third kappa shape index (κ3) is 3.00. The topological polar surface area (TPSA) is 69.4 Å². The van der Waals surface area contributed by atoms with Crippen LogP contribution in [-0.4, -0.2) is 24.9 Å². The summed E-state index contributed by atoms with van der Waals surface area (Å²) in [5.41, 5.74) is 5.39. The number of carbonyl (C=O) groups excluding carboxylic acids is 2. The summed E-state index contributed by atoms with van der Waals surface area (Å²) >= 11 is 0. The predicted molar refractivity (Wildman–Crippen MR) is 44.5 cm³/mol. The predicted octanol–water partition coefficient (Wildman–Crippen LogP) is 0.102. The molecule has 0 heterocycles. The molecule has 4 heteroatoms. The fourth-order valence-corrected chi connectivity index (χ4v) is 0.940. The van der Waals surface area contributed by atoms with Crippen molar-refractivity contribution in [2.24, 2.45) is 11.7 Å². The van der Waals surface area contributed by atoms with Crippen LogP contribution in [0.1, 0.15) is 20.3 Å². The van der Waals surface area contributed by atoms with E-state index in [1.54, 1.807) is 13.8 Å². The van der Waals surface area contributed by atoms with E-state index >= 15 is 0 Å². The fraction of sp³-hybridized carbons (Fsp3) is 0.750. The summed E-state index contributed by atoms with van der Waals surface area (Å²) in [6, 6.07) is -0.742. The van der Waals surface area contributed by atoms with E-state index in [0.29, 0.717) is 19.3 Å². The molecule has 0 radical (unpaired) electrons. The van der Waals surface area contributed by atoms with Crippen LogP contribution in [0.15, 0.2) is 0 Å². The van der Waals surface area contributed by atoms with Gasteiger partial charge in [0.15, 0.2) is 0 Å². The molecule has 0 aliphatic heterocycles. The molecule has 0 spiro atoms. The summed E-state index contributed by atoms with van der Waals surface area (Å²) in [5.74, 6) is -0.887. The Labute approximate surface area is 72.1 Å². The van der Waals surface area contributed by atoms with Crippen LogP contribution in [0.4, 0.5) is 0 Å². The number of aldehydes is 1. The molecule has 12 heavy (non-hydrogen) atoms. The zero-order chi connectivity index (χ0) is 9.56. The molecule has 0 aromatic heterocycles. The highest BCUT2D eigenvalue weighted by molar-refractivity contribution is 5.78. The van der Waals surface area contributed by atoms with Crippen LogP contribution in [0.3, 0.4) is 0 Å². The highest BCUT2D eigenvalue weighted by atomic mass is 16.5. The van der Waals surface area contributed by atoms with E-state index in [2.05, 4.69) is 0 Å². The number of nitrogens with two attached hydrogens (primary N) is 1. The molecule has 0 saturated heterocycles. The van der Waals surface area contributed by atoms with Crippen LogP contribution in [0.5, 0.6) is 0 Å². The van der Waals surface area contributed by atoms with Crippen LogP contribution in [0.25, 0.3) is 0 Å². The standard InChI is InChI=1S/C8H15NO3/c1-3-6(7(9)5-10)8(11)12-4-2/h5-7H,3-4,9H2,1-2H3. The number of carbonyl (C=O) groups is 2. The first-order valence-electron chi connectivity index (χ1n) is 4.04. The van der Waals surface area contributed by atoms with Crippen LogP contribution in [-0.2, 0) is 14.3 Å². The second-order valence-corrected chi connectivity index (χ2v) is 2.48. The van der Waals surface area contributed by atoms with Gasteiger partial charge in [0.2, 0.25) is 0 Å². The highest BCUT2D eigenvalue weighted by Gasteiger charge is 2.24. The maximum atomic E-state index is 11.1. The summed E-state index contributed by atoms with van der Waals surface area (Å²) < 4.78 is 4.74. The zero-order valence-electron chi connectivity index (χ0n) is 7.45. The molecule has 4 nitrogen and oxygen atoms in total. The Balaban J connectivity index is 4.13. The van der Waals surface area contributed by atoms with E-state index in [1.165, 1.54) is 0 Å². The molecule has 0 aromatic carbocycles. The van der Waals surface area contributed by atoms with Crippen LogP contribution >= 0.6 is 0 Å². The van der Waals surface area contributed by atoms with Crippen molar-refractivity contribution in [3.8, 4) is 0 Å². The third-order valence-corrected chi connectivity index (χ3v) is 1.65. The Hall–Kier alpha value is -0.900. The van der Waals surface area contributed by atoms with Gasteiger partial charge in [0, 0.05) is 0 Å². The van der Waals surface area contributed by atoms with Gasteiger partial charge in [0.05, 0.1) is 18.6 Å². The van der Waals surface area contributed by atoms with Crippen molar-refractivity contribution < 1.29 is 14.3 Å². The first-order chi connectivity index (χ1) is 5.67. The van der Waals surface area contributed by atoms with Crippen molar-refractivity contribution in [3.63, 3.8) is 0 Å². The lowest BCUT2D eigenvalue weighted by Gasteiger charge is -2.15. The minimum atomic E-state index is -0.742. The Kier molecular flexibility index (Phi) is 5.28. The Morgan fingerprint density at radius 1 is 1.58 bits per heavy atom. The summed E-state index contributed by atoms with van der Waals surface area (Å²) in [5, 5.41) is 0. The van der Waals surface area contributed by atoms with Crippen LogP contribution < -0.4 is 5.73 Å². The number of ether oxygens (including phenoxy) is 1. The van der Waals surface area contributed by atoms with Crippen LogP contribution in [0.2, 0.25) is 0 Å². The molecule has 0 aliphatic carbocycles. The quantitative estimate of drug-likeness (QED) is 0.473. The van der Waals surface area contributed by atoms with Crippen molar-refractivity contribution in [1.29, 1.82) is 0 Å². The van der Waals surface area contributed by atoms with Crippen molar-refractivity contribution in [2.45, 2.75) is 26.3 Å². The minimum Gasteiger partial charge on any atom is -0.466 e. The van der Waals surface area contributed by atoms with Gasteiger partial charge in [-0.2, -0.15) is 0 Å². The number of esters is 1. The smallest absolute Gasteiger partial charge is 0.310 e. The largest absolute Gasteiger partial charge is 0.466 e. The van der Waals surface area contributed by atoms with Gasteiger partial charge >= 0.3 is 5.97 Å². The van der Waals surface area contributed by atoms with Gasteiger partial charge in [0.1, 0.15) is 6.29 Å². The minimum absolute atomic E-state index is 0.320. The fourth-order valence-electron chi connectivity index (χ4n) is 0.940. The number of hydrogen-bond donors (Lipinski definition) is 1.